The van der Waals surface area contributed by atoms with Gasteiger partial charge in [0, 0.05) is 0 Å². The van der Waals surface area contributed by atoms with Gasteiger partial charge in [0.2, 0.25) is 0 Å². The van der Waals surface area contributed by atoms with Gasteiger partial charge in [0.15, 0.2) is 7.29 Å². The Hall–Kier alpha value is -2.68. The Morgan fingerprint density at radius 2 is 1.32 bits per heavy atom. The summed E-state index contributed by atoms with van der Waals surface area (Å²) < 4.78 is 20.1. The third kappa shape index (κ3) is 4.81. The predicted octanol–water partition coefficient (Wildman–Crippen LogP) is 6.26. The van der Waals surface area contributed by atoms with Crippen LogP contribution in [0.15, 0.2) is 91.0 Å². The highest BCUT2D eigenvalue weighted by Gasteiger charge is 2.48. The normalized spacial score (nSPS) is 20.8. The van der Waals surface area contributed by atoms with E-state index in [1.165, 1.54) is 0 Å². The number of ether oxygens (including phenoxy) is 1. The Morgan fingerprint density at radius 1 is 0.871 bits per heavy atom. The van der Waals surface area contributed by atoms with E-state index in [0.29, 0.717) is 0 Å². The number of hydrogen-bond donors (Lipinski definition) is 1. The van der Waals surface area contributed by atoms with Gasteiger partial charge in [-0.25, -0.2) is 0 Å². The van der Waals surface area contributed by atoms with Crippen LogP contribution in [-0.2, 0) is 20.7 Å². The van der Waals surface area contributed by atoms with Gasteiger partial charge in [-0.3, -0.25) is 9.88 Å². The second-order valence-corrected chi connectivity index (χ2v) is 11.0. The number of rotatable bonds is 7. The number of nitrogens with one attached hydrogen (secondary N) is 1. The number of hydrogen-bond acceptors (Lipinski definition) is 3. The first-order valence-electron chi connectivity index (χ1n) is 10.8. The molecule has 3 aromatic carbocycles. The van der Waals surface area contributed by atoms with Gasteiger partial charge in [-0.2, -0.15) is 0 Å². The van der Waals surface area contributed by atoms with Crippen LogP contribution in [0.2, 0.25) is 0 Å². The molecule has 0 saturated carbocycles. The first-order valence-corrected chi connectivity index (χ1v) is 12.6. The van der Waals surface area contributed by atoms with Gasteiger partial charge in [0.05, 0.1) is 11.3 Å². The average Bonchev–Trinajstić information content (AvgIpc) is 3.15. The van der Waals surface area contributed by atoms with E-state index in [1.807, 2.05) is 91.0 Å². The van der Waals surface area contributed by atoms with E-state index >= 15 is 0 Å². The minimum atomic E-state index is -2.99. The van der Waals surface area contributed by atoms with Crippen molar-refractivity contribution >= 4 is 13.3 Å². The van der Waals surface area contributed by atoms with E-state index in [-0.39, 0.29) is 23.9 Å². The first-order chi connectivity index (χ1) is 15.1. The highest BCUT2D eigenvalue weighted by molar-refractivity contribution is 7.63. The van der Waals surface area contributed by atoms with Crippen LogP contribution in [0.25, 0.3) is 0 Å². The second kappa shape index (κ2) is 9.64. The fourth-order valence-corrected chi connectivity index (χ4v) is 8.23. The van der Waals surface area contributed by atoms with Crippen LogP contribution >= 0.6 is 7.29 Å². The molecule has 31 heavy (non-hydrogen) atoms. The van der Waals surface area contributed by atoms with Crippen molar-refractivity contribution in [3.8, 4) is 0 Å². The lowest BCUT2D eigenvalue weighted by Crippen LogP contribution is -2.34. The molecule has 0 aliphatic carbocycles. The third-order valence-corrected chi connectivity index (χ3v) is 9.74. The molecule has 0 amide bonds. The lowest BCUT2D eigenvalue weighted by atomic mass is 10.0. The van der Waals surface area contributed by atoms with Gasteiger partial charge < -0.3 is 9.30 Å². The van der Waals surface area contributed by atoms with Crippen molar-refractivity contribution < 1.29 is 14.1 Å². The molecule has 5 heteroatoms. The minimum absolute atomic E-state index is 0.122. The highest BCUT2D eigenvalue weighted by atomic mass is 31.2. The van der Waals surface area contributed by atoms with E-state index in [1.54, 1.807) is 6.92 Å². The number of benzene rings is 3. The zero-order valence-corrected chi connectivity index (χ0v) is 18.6. The molecule has 1 saturated heterocycles. The Kier molecular flexibility index (Phi) is 6.70. The molecule has 0 bridgehead atoms. The Labute approximate surface area is 184 Å². The van der Waals surface area contributed by atoms with E-state index in [9.17, 15) is 9.36 Å². The number of carbonyl (C=O) groups is 1. The van der Waals surface area contributed by atoms with E-state index in [2.05, 4.69) is 5.09 Å². The monoisotopic (exact) mass is 433 g/mol. The quantitative estimate of drug-likeness (QED) is 0.353. The molecule has 0 spiro atoms. The molecule has 1 fully saturated rings. The molecule has 4 nitrogen and oxygen atoms in total. The van der Waals surface area contributed by atoms with Crippen molar-refractivity contribution in [1.29, 1.82) is 0 Å². The van der Waals surface area contributed by atoms with Gasteiger partial charge in [-0.15, -0.1) is 0 Å². The predicted molar refractivity (Wildman–Crippen MR) is 124 cm³/mol. The molecular formula is C26H28NO3P. The molecule has 0 radical (unpaired) electrons. The molecule has 1 aliphatic rings. The molecule has 0 unspecified atom stereocenters. The summed E-state index contributed by atoms with van der Waals surface area (Å²) in [6.45, 7) is 1.95. The maximum atomic E-state index is 14.5. The lowest BCUT2D eigenvalue weighted by Gasteiger charge is -2.30. The minimum Gasteiger partial charge on any atom is -0.460 e. The van der Waals surface area contributed by atoms with Crippen LogP contribution in [0, 0.1) is 0 Å². The van der Waals surface area contributed by atoms with Crippen LogP contribution in [0.3, 0.4) is 0 Å². The lowest BCUT2D eigenvalue weighted by molar-refractivity contribution is -0.146. The summed E-state index contributed by atoms with van der Waals surface area (Å²) >= 11 is 0. The Morgan fingerprint density at radius 3 is 1.81 bits per heavy atom. The molecule has 1 aliphatic heterocycles. The second-order valence-electron chi connectivity index (χ2n) is 8.08. The fourth-order valence-electron chi connectivity index (χ4n) is 4.43. The van der Waals surface area contributed by atoms with Crippen molar-refractivity contribution in [2.24, 2.45) is 0 Å². The molecule has 1 N–H and O–H groups in total. The fraction of sp³-hybridized carbons (Fsp3) is 0.269. The summed E-state index contributed by atoms with van der Waals surface area (Å²) in [6, 6.07) is 28.9. The summed E-state index contributed by atoms with van der Waals surface area (Å²) in [5.41, 5.74) is 2.80. The largest absolute Gasteiger partial charge is 0.460 e. The van der Waals surface area contributed by atoms with Gasteiger partial charge in [-0.1, -0.05) is 91.0 Å². The molecule has 0 aromatic heterocycles. The zero-order valence-electron chi connectivity index (χ0n) is 17.7. The summed E-state index contributed by atoms with van der Waals surface area (Å²) in [5.74, 6) is -0.385. The third-order valence-electron chi connectivity index (χ3n) is 5.98. The van der Waals surface area contributed by atoms with Crippen LogP contribution in [-0.4, -0.2) is 12.0 Å². The van der Waals surface area contributed by atoms with Crippen LogP contribution < -0.4 is 5.09 Å². The average molecular weight is 433 g/mol. The SMILES string of the molecule is C[C@H](NP1(=O)[C@H](c2ccccc2)CC[C@H]1c1ccccc1)C(=O)OCc1ccccc1. The Balaban J connectivity index is 1.55. The first kappa shape index (κ1) is 21.5. The van der Waals surface area contributed by atoms with Crippen molar-refractivity contribution in [1.82, 2.24) is 5.09 Å². The van der Waals surface area contributed by atoms with Gasteiger partial charge >= 0.3 is 5.97 Å². The Bertz CT molecular complexity index is 989. The maximum Gasteiger partial charge on any atom is 0.323 e. The molecule has 3 aromatic rings. The highest BCUT2D eigenvalue weighted by Crippen LogP contribution is 2.74. The van der Waals surface area contributed by atoms with Crippen LogP contribution in [0.1, 0.15) is 47.8 Å². The van der Waals surface area contributed by atoms with Gasteiger partial charge in [-0.05, 0) is 36.5 Å². The van der Waals surface area contributed by atoms with Crippen molar-refractivity contribution in [3.05, 3.63) is 108 Å². The molecule has 160 valence electrons. The van der Waals surface area contributed by atoms with Crippen molar-refractivity contribution in [2.75, 3.05) is 0 Å². The molecule has 1 heterocycles. The zero-order chi connectivity index (χ0) is 21.7. The summed E-state index contributed by atoms with van der Waals surface area (Å²) in [7, 11) is -2.99. The molecule has 3 atom stereocenters. The summed E-state index contributed by atoms with van der Waals surface area (Å²) in [6.07, 6.45) is 1.64. The van der Waals surface area contributed by atoms with E-state index < -0.39 is 13.3 Å². The standard InChI is InChI=1S/C26H28NO3P/c1-20(26(28)30-19-21-11-5-2-6-12-21)27-31(29)24(22-13-7-3-8-14-22)17-18-25(31)23-15-9-4-10-16-23/h2-16,20,24-25H,17-19H2,1H3,(H,27,29)/t20-,24-,25-/m0/s1. The van der Waals surface area contributed by atoms with Gasteiger partial charge in [0.1, 0.15) is 12.6 Å². The number of esters is 1. The maximum absolute atomic E-state index is 14.5. The van der Waals surface area contributed by atoms with Crippen LogP contribution in [0.4, 0.5) is 0 Å². The van der Waals surface area contributed by atoms with Crippen LogP contribution in [0.5, 0.6) is 0 Å². The molecule has 4 rings (SSSR count). The van der Waals surface area contributed by atoms with Crippen molar-refractivity contribution in [3.63, 3.8) is 0 Å². The van der Waals surface area contributed by atoms with E-state index in [4.69, 9.17) is 4.74 Å². The summed E-state index contributed by atoms with van der Waals surface area (Å²) in [4.78, 5) is 12.7. The summed E-state index contributed by atoms with van der Waals surface area (Å²) in [5, 5.41) is 3.27. The smallest absolute Gasteiger partial charge is 0.323 e. The van der Waals surface area contributed by atoms with Crippen molar-refractivity contribution in [2.45, 2.75) is 43.7 Å². The number of carbonyl (C=O) groups excluding carboxylic acids is 1. The van der Waals surface area contributed by atoms with Gasteiger partial charge in [0.25, 0.3) is 0 Å². The molecular weight excluding hydrogens is 405 g/mol. The topological polar surface area (TPSA) is 55.4 Å². The van der Waals surface area contributed by atoms with E-state index in [0.717, 1.165) is 29.5 Å².